The normalized spacial score (nSPS) is 10.2. The van der Waals surface area contributed by atoms with Crippen molar-refractivity contribution < 1.29 is 14.3 Å². The van der Waals surface area contributed by atoms with Gasteiger partial charge in [0.1, 0.15) is 0 Å². The first-order chi connectivity index (χ1) is 10.0. The largest absolute Gasteiger partial charge is 0.385 e. The average Bonchev–Trinajstić information content (AvgIpc) is 2.44. The lowest BCUT2D eigenvalue weighted by molar-refractivity contribution is -0.129. The lowest BCUT2D eigenvalue weighted by atomic mass is 10.3. The van der Waals surface area contributed by atoms with Crippen molar-refractivity contribution in [2.75, 3.05) is 32.1 Å². The average molecular weight is 357 g/mol. The Balaban J connectivity index is 2.38. The first-order valence-corrected chi connectivity index (χ1v) is 7.62. The van der Waals surface area contributed by atoms with Crippen LogP contribution in [0.15, 0.2) is 28.7 Å². The third-order valence-corrected chi connectivity index (χ3v) is 3.49. The number of ether oxygens (including phenoxy) is 1. The second-order valence-electron chi connectivity index (χ2n) is 4.66. The molecule has 0 aliphatic rings. The third-order valence-electron chi connectivity index (χ3n) is 2.96. The Morgan fingerprint density at radius 2 is 1.90 bits per heavy atom. The zero-order chi connectivity index (χ0) is 15.7. The number of hydrogen-bond donors (Lipinski definition) is 1. The number of rotatable bonds is 8. The molecule has 21 heavy (non-hydrogen) atoms. The van der Waals surface area contributed by atoms with Gasteiger partial charge in [0.2, 0.25) is 11.8 Å². The Bertz CT molecular complexity index is 462. The summed E-state index contributed by atoms with van der Waals surface area (Å²) < 4.78 is 5.92. The Morgan fingerprint density at radius 3 is 2.48 bits per heavy atom. The van der Waals surface area contributed by atoms with Crippen molar-refractivity contribution in [3.63, 3.8) is 0 Å². The van der Waals surface area contributed by atoms with Crippen LogP contribution in [0.1, 0.15) is 19.8 Å². The summed E-state index contributed by atoms with van der Waals surface area (Å²) in [5.74, 6) is -0.127. The molecule has 0 aliphatic heterocycles. The molecule has 0 heterocycles. The van der Waals surface area contributed by atoms with E-state index >= 15 is 0 Å². The highest BCUT2D eigenvalue weighted by atomic mass is 79.9. The van der Waals surface area contributed by atoms with Crippen LogP contribution in [0.3, 0.4) is 0 Å². The molecule has 0 aliphatic carbocycles. The summed E-state index contributed by atoms with van der Waals surface area (Å²) in [5, 5.41) is 2.81. The van der Waals surface area contributed by atoms with Gasteiger partial charge < -0.3 is 15.0 Å². The predicted octanol–water partition coefficient (Wildman–Crippen LogP) is 2.66. The van der Waals surface area contributed by atoms with E-state index in [1.54, 1.807) is 12.0 Å². The molecular formula is C15H21BrN2O3. The van der Waals surface area contributed by atoms with Crippen molar-refractivity contribution >= 4 is 33.4 Å². The minimum absolute atomic E-state index is 0.0254. The maximum absolute atomic E-state index is 11.9. The summed E-state index contributed by atoms with van der Waals surface area (Å²) >= 11 is 3.34. The minimum Gasteiger partial charge on any atom is -0.385 e. The van der Waals surface area contributed by atoms with Gasteiger partial charge in [0.15, 0.2) is 0 Å². The molecule has 1 N–H and O–H groups in total. The van der Waals surface area contributed by atoms with E-state index < -0.39 is 0 Å². The fourth-order valence-electron chi connectivity index (χ4n) is 1.82. The van der Waals surface area contributed by atoms with Crippen LogP contribution in [0.25, 0.3) is 0 Å². The van der Waals surface area contributed by atoms with Gasteiger partial charge >= 0.3 is 0 Å². The molecule has 116 valence electrons. The highest BCUT2D eigenvalue weighted by Crippen LogP contribution is 2.14. The van der Waals surface area contributed by atoms with Gasteiger partial charge in [-0.3, -0.25) is 9.59 Å². The van der Waals surface area contributed by atoms with Crippen LogP contribution in [0.5, 0.6) is 0 Å². The molecule has 0 spiro atoms. The van der Waals surface area contributed by atoms with Crippen LogP contribution in [0.4, 0.5) is 5.69 Å². The van der Waals surface area contributed by atoms with E-state index in [0.29, 0.717) is 19.7 Å². The molecule has 0 atom stereocenters. The van der Waals surface area contributed by atoms with E-state index in [1.165, 1.54) is 6.92 Å². The smallest absolute Gasteiger partial charge is 0.226 e. The van der Waals surface area contributed by atoms with Gasteiger partial charge in [0.05, 0.1) is 0 Å². The SMILES string of the molecule is COCCCN(CCC(=O)Nc1ccc(Br)cc1)C(C)=O. The van der Waals surface area contributed by atoms with Crippen LogP contribution in [-0.4, -0.2) is 43.5 Å². The molecule has 1 rings (SSSR count). The van der Waals surface area contributed by atoms with Crippen LogP contribution in [-0.2, 0) is 14.3 Å². The van der Waals surface area contributed by atoms with E-state index in [1.807, 2.05) is 24.3 Å². The van der Waals surface area contributed by atoms with Gasteiger partial charge in [-0.25, -0.2) is 0 Å². The minimum atomic E-state index is -0.102. The van der Waals surface area contributed by atoms with Crippen LogP contribution in [0.2, 0.25) is 0 Å². The summed E-state index contributed by atoms with van der Waals surface area (Å²) in [6.45, 7) is 3.14. The maximum Gasteiger partial charge on any atom is 0.226 e. The first-order valence-electron chi connectivity index (χ1n) is 6.83. The van der Waals surface area contributed by atoms with Crippen LogP contribution >= 0.6 is 15.9 Å². The van der Waals surface area contributed by atoms with Crippen molar-refractivity contribution in [2.24, 2.45) is 0 Å². The standard InChI is InChI=1S/C15H21BrN2O3/c1-12(19)18(9-3-11-21-2)10-8-15(20)17-14-6-4-13(16)5-7-14/h4-7H,3,8-11H2,1-2H3,(H,17,20). The number of anilines is 1. The Morgan fingerprint density at radius 1 is 1.24 bits per heavy atom. The number of benzene rings is 1. The van der Waals surface area contributed by atoms with E-state index in [9.17, 15) is 9.59 Å². The monoisotopic (exact) mass is 356 g/mol. The van der Waals surface area contributed by atoms with Gasteiger partial charge in [-0.15, -0.1) is 0 Å². The molecule has 0 unspecified atom stereocenters. The molecule has 0 aromatic heterocycles. The number of carbonyl (C=O) groups is 2. The van der Waals surface area contributed by atoms with Crippen molar-refractivity contribution in [3.05, 3.63) is 28.7 Å². The number of hydrogen-bond acceptors (Lipinski definition) is 3. The lowest BCUT2D eigenvalue weighted by Gasteiger charge is -2.20. The van der Waals surface area contributed by atoms with Crippen LogP contribution < -0.4 is 5.32 Å². The molecule has 6 heteroatoms. The highest BCUT2D eigenvalue weighted by Gasteiger charge is 2.11. The van der Waals surface area contributed by atoms with Gasteiger partial charge in [-0.2, -0.15) is 0 Å². The topological polar surface area (TPSA) is 58.6 Å². The zero-order valence-electron chi connectivity index (χ0n) is 12.4. The Hall–Kier alpha value is -1.40. The number of nitrogens with zero attached hydrogens (tertiary/aromatic N) is 1. The van der Waals surface area contributed by atoms with Crippen LogP contribution in [0, 0.1) is 0 Å². The Kier molecular flexibility index (Phi) is 8.00. The molecule has 0 bridgehead atoms. The second kappa shape index (κ2) is 9.52. The quantitative estimate of drug-likeness (QED) is 0.728. The van der Waals surface area contributed by atoms with Crippen molar-refractivity contribution in [1.82, 2.24) is 4.90 Å². The number of methoxy groups -OCH3 is 1. The summed E-state index contributed by atoms with van der Waals surface area (Å²) in [4.78, 5) is 25.0. The number of amides is 2. The summed E-state index contributed by atoms with van der Waals surface area (Å²) in [7, 11) is 1.63. The number of carbonyl (C=O) groups excluding carboxylic acids is 2. The summed E-state index contributed by atoms with van der Waals surface area (Å²) in [5.41, 5.74) is 0.747. The predicted molar refractivity (Wildman–Crippen MR) is 86.1 cm³/mol. The van der Waals surface area contributed by atoms with E-state index in [4.69, 9.17) is 4.74 Å². The molecule has 1 aromatic rings. The number of nitrogens with one attached hydrogen (secondary N) is 1. The number of halogens is 1. The lowest BCUT2D eigenvalue weighted by Crippen LogP contribution is -2.33. The van der Waals surface area contributed by atoms with Crippen molar-refractivity contribution in [3.8, 4) is 0 Å². The maximum atomic E-state index is 11.9. The van der Waals surface area contributed by atoms with Crippen molar-refractivity contribution in [2.45, 2.75) is 19.8 Å². The molecule has 5 nitrogen and oxygen atoms in total. The molecular weight excluding hydrogens is 336 g/mol. The third kappa shape index (κ3) is 7.24. The van der Waals surface area contributed by atoms with Crippen molar-refractivity contribution in [1.29, 1.82) is 0 Å². The van der Waals surface area contributed by atoms with Gasteiger partial charge in [-0.05, 0) is 30.7 Å². The molecule has 1 aromatic carbocycles. The van der Waals surface area contributed by atoms with Gasteiger partial charge in [0, 0.05) is 50.3 Å². The molecule has 0 fully saturated rings. The Labute approximate surface area is 133 Å². The van der Waals surface area contributed by atoms with Gasteiger partial charge in [0.25, 0.3) is 0 Å². The molecule has 0 saturated carbocycles. The molecule has 0 saturated heterocycles. The highest BCUT2D eigenvalue weighted by molar-refractivity contribution is 9.10. The fraction of sp³-hybridized carbons (Fsp3) is 0.467. The van der Waals surface area contributed by atoms with E-state index in [-0.39, 0.29) is 18.2 Å². The molecule has 2 amide bonds. The van der Waals surface area contributed by atoms with Gasteiger partial charge in [-0.1, -0.05) is 15.9 Å². The molecule has 0 radical (unpaired) electrons. The summed E-state index contributed by atoms with van der Waals surface area (Å²) in [6.07, 6.45) is 1.05. The van der Waals surface area contributed by atoms with E-state index in [2.05, 4.69) is 21.2 Å². The zero-order valence-corrected chi connectivity index (χ0v) is 14.0. The fourth-order valence-corrected chi connectivity index (χ4v) is 2.08. The van der Waals surface area contributed by atoms with E-state index in [0.717, 1.165) is 16.6 Å². The second-order valence-corrected chi connectivity index (χ2v) is 5.57. The summed E-state index contributed by atoms with van der Waals surface area (Å²) in [6, 6.07) is 7.37. The first kappa shape index (κ1) is 17.7.